The number of rotatable bonds is 1. The maximum atomic E-state index is 13.4. The second-order valence-corrected chi connectivity index (χ2v) is 7.22. The summed E-state index contributed by atoms with van der Waals surface area (Å²) in [6.45, 7) is 1.31. The lowest BCUT2D eigenvalue weighted by Crippen LogP contribution is -2.39. The highest BCUT2D eigenvalue weighted by molar-refractivity contribution is 6.31. The molecule has 2 unspecified atom stereocenters. The second kappa shape index (κ2) is 5.84. The number of para-hydroxylation sites is 1. The highest BCUT2D eigenvalue weighted by Gasteiger charge is 2.45. The van der Waals surface area contributed by atoms with Crippen LogP contribution >= 0.6 is 11.6 Å². The SMILES string of the molecule is CN1OCC2CN(c3ccccc3)c3oc4ccc(Cl)cc4c(=O)c3C21. The third-order valence-corrected chi connectivity index (χ3v) is 5.46. The minimum absolute atomic E-state index is 0.0447. The van der Waals surface area contributed by atoms with Crippen molar-refractivity contribution in [2.75, 3.05) is 25.1 Å². The molecule has 5 nitrogen and oxygen atoms in total. The molecule has 0 N–H and O–H groups in total. The van der Waals surface area contributed by atoms with Gasteiger partial charge in [-0.05, 0) is 30.3 Å². The molecule has 0 spiro atoms. The fourth-order valence-electron chi connectivity index (χ4n) is 4.03. The molecular weight excluding hydrogens is 352 g/mol. The zero-order valence-corrected chi connectivity index (χ0v) is 14.9. The van der Waals surface area contributed by atoms with E-state index in [2.05, 4.69) is 4.90 Å². The molecule has 0 radical (unpaired) electrons. The Bertz CT molecular complexity index is 1050. The Kier molecular flexibility index (Phi) is 3.57. The molecule has 3 heterocycles. The maximum absolute atomic E-state index is 13.4. The van der Waals surface area contributed by atoms with Crippen LogP contribution < -0.4 is 10.3 Å². The number of benzene rings is 2. The van der Waals surface area contributed by atoms with Crippen molar-refractivity contribution >= 4 is 34.1 Å². The molecule has 2 aliphatic rings. The molecule has 0 saturated carbocycles. The number of halogens is 1. The van der Waals surface area contributed by atoms with E-state index in [0.717, 1.165) is 12.2 Å². The fraction of sp³-hybridized carbons (Fsp3) is 0.250. The Labute approximate surface area is 155 Å². The lowest BCUT2D eigenvalue weighted by molar-refractivity contribution is -0.110. The van der Waals surface area contributed by atoms with Crippen molar-refractivity contribution in [2.45, 2.75) is 6.04 Å². The molecule has 6 heteroatoms. The predicted octanol–water partition coefficient (Wildman–Crippen LogP) is 4.13. The molecule has 2 aliphatic heterocycles. The number of fused-ring (bicyclic) bond motifs is 4. The number of hydrogen-bond donors (Lipinski definition) is 0. The largest absolute Gasteiger partial charge is 0.440 e. The number of hydrogen-bond acceptors (Lipinski definition) is 5. The maximum Gasteiger partial charge on any atom is 0.209 e. The summed E-state index contributed by atoms with van der Waals surface area (Å²) in [7, 11) is 1.87. The van der Waals surface area contributed by atoms with Crippen LogP contribution in [0.5, 0.6) is 0 Å². The molecule has 26 heavy (non-hydrogen) atoms. The fourth-order valence-corrected chi connectivity index (χ4v) is 4.20. The standard InChI is InChI=1S/C20H17ClN2O3/c1-22-18-12(11-25-22)10-23(14-5-3-2-4-6-14)20-17(18)19(24)15-9-13(21)7-8-16(15)26-20/h2-9,12,18H,10-11H2,1H3. The molecule has 1 aromatic heterocycles. The summed E-state index contributed by atoms with van der Waals surface area (Å²) >= 11 is 6.11. The minimum atomic E-state index is -0.121. The Morgan fingerprint density at radius 3 is 2.77 bits per heavy atom. The van der Waals surface area contributed by atoms with Crippen LogP contribution in [0.4, 0.5) is 11.6 Å². The van der Waals surface area contributed by atoms with E-state index in [1.54, 1.807) is 23.3 Å². The van der Waals surface area contributed by atoms with Gasteiger partial charge in [-0.1, -0.05) is 29.8 Å². The first kappa shape index (κ1) is 15.9. The van der Waals surface area contributed by atoms with Crippen LogP contribution in [0.3, 0.4) is 0 Å². The van der Waals surface area contributed by atoms with E-state index in [9.17, 15) is 4.79 Å². The lowest BCUT2D eigenvalue weighted by atomic mass is 9.89. The predicted molar refractivity (Wildman–Crippen MR) is 101 cm³/mol. The van der Waals surface area contributed by atoms with E-state index in [-0.39, 0.29) is 17.4 Å². The molecule has 132 valence electrons. The Morgan fingerprint density at radius 2 is 1.96 bits per heavy atom. The lowest BCUT2D eigenvalue weighted by Gasteiger charge is -2.36. The third kappa shape index (κ3) is 2.28. The molecule has 2 aromatic carbocycles. The van der Waals surface area contributed by atoms with Gasteiger partial charge in [-0.2, -0.15) is 5.06 Å². The van der Waals surface area contributed by atoms with E-state index in [0.29, 0.717) is 34.0 Å². The van der Waals surface area contributed by atoms with Gasteiger partial charge in [-0.15, -0.1) is 0 Å². The van der Waals surface area contributed by atoms with Crippen molar-refractivity contribution in [3.05, 3.63) is 69.3 Å². The van der Waals surface area contributed by atoms with Gasteiger partial charge >= 0.3 is 0 Å². The molecule has 2 atom stereocenters. The van der Waals surface area contributed by atoms with Crippen LogP contribution in [0.15, 0.2) is 57.7 Å². The third-order valence-electron chi connectivity index (χ3n) is 5.22. The summed E-state index contributed by atoms with van der Waals surface area (Å²) in [5.74, 6) is 0.780. The Hall–Kier alpha value is -2.34. The highest BCUT2D eigenvalue weighted by atomic mass is 35.5. The van der Waals surface area contributed by atoms with Crippen molar-refractivity contribution in [3.63, 3.8) is 0 Å². The summed E-state index contributed by atoms with van der Waals surface area (Å²) in [5.41, 5.74) is 2.13. The van der Waals surface area contributed by atoms with Gasteiger partial charge in [0.15, 0.2) is 5.43 Å². The van der Waals surface area contributed by atoms with Crippen LogP contribution in [0.2, 0.25) is 5.02 Å². The van der Waals surface area contributed by atoms with Crippen LogP contribution in [0.1, 0.15) is 11.6 Å². The smallest absolute Gasteiger partial charge is 0.209 e. The topological polar surface area (TPSA) is 45.9 Å². The average molecular weight is 369 g/mol. The van der Waals surface area contributed by atoms with Crippen LogP contribution in [-0.4, -0.2) is 25.3 Å². The van der Waals surface area contributed by atoms with Gasteiger partial charge in [-0.3, -0.25) is 9.63 Å². The molecule has 0 aliphatic carbocycles. The van der Waals surface area contributed by atoms with E-state index in [4.69, 9.17) is 20.9 Å². The van der Waals surface area contributed by atoms with Gasteiger partial charge in [0.25, 0.3) is 0 Å². The molecule has 1 fully saturated rings. The zero-order valence-electron chi connectivity index (χ0n) is 14.2. The minimum Gasteiger partial charge on any atom is -0.440 e. The monoisotopic (exact) mass is 368 g/mol. The summed E-state index contributed by atoms with van der Waals surface area (Å²) in [4.78, 5) is 21.2. The number of anilines is 2. The normalized spacial score (nSPS) is 22.5. The first-order valence-electron chi connectivity index (χ1n) is 8.58. The molecule has 3 aromatic rings. The molecule has 0 bridgehead atoms. The van der Waals surface area contributed by atoms with E-state index in [1.807, 2.05) is 37.4 Å². The van der Waals surface area contributed by atoms with Gasteiger partial charge in [-0.25, -0.2) is 0 Å². The zero-order chi connectivity index (χ0) is 17.8. The van der Waals surface area contributed by atoms with E-state index in [1.165, 1.54) is 0 Å². The van der Waals surface area contributed by atoms with Gasteiger partial charge in [0.2, 0.25) is 5.88 Å². The van der Waals surface area contributed by atoms with E-state index >= 15 is 0 Å². The summed E-state index contributed by atoms with van der Waals surface area (Å²) in [5, 5.41) is 2.80. The van der Waals surface area contributed by atoms with Crippen molar-refractivity contribution < 1.29 is 9.25 Å². The summed E-state index contributed by atoms with van der Waals surface area (Å²) in [6, 6.07) is 15.0. The first-order valence-corrected chi connectivity index (χ1v) is 8.96. The van der Waals surface area contributed by atoms with E-state index < -0.39 is 0 Å². The van der Waals surface area contributed by atoms with Crippen molar-refractivity contribution in [2.24, 2.45) is 5.92 Å². The number of hydroxylamine groups is 2. The molecule has 5 rings (SSSR count). The summed E-state index contributed by atoms with van der Waals surface area (Å²) < 4.78 is 6.23. The van der Waals surface area contributed by atoms with Crippen molar-refractivity contribution in [1.82, 2.24) is 5.06 Å². The first-order chi connectivity index (χ1) is 12.6. The Balaban J connectivity index is 1.82. The van der Waals surface area contributed by atoms with Crippen LogP contribution in [-0.2, 0) is 4.84 Å². The highest BCUT2D eigenvalue weighted by Crippen LogP contribution is 2.45. The van der Waals surface area contributed by atoms with Gasteiger partial charge in [0.1, 0.15) is 5.58 Å². The molecular formula is C20H17ClN2O3. The van der Waals surface area contributed by atoms with Gasteiger partial charge in [0.05, 0.1) is 23.6 Å². The van der Waals surface area contributed by atoms with Crippen molar-refractivity contribution in [1.29, 1.82) is 0 Å². The second-order valence-electron chi connectivity index (χ2n) is 6.78. The number of nitrogens with zero attached hydrogens (tertiary/aromatic N) is 2. The quantitative estimate of drug-likeness (QED) is 0.646. The summed E-state index contributed by atoms with van der Waals surface area (Å²) in [6.07, 6.45) is 0. The average Bonchev–Trinajstić information content (AvgIpc) is 3.03. The molecule has 0 amide bonds. The van der Waals surface area contributed by atoms with Gasteiger partial charge < -0.3 is 9.32 Å². The van der Waals surface area contributed by atoms with Crippen LogP contribution in [0, 0.1) is 5.92 Å². The van der Waals surface area contributed by atoms with Crippen LogP contribution in [0.25, 0.3) is 11.0 Å². The Morgan fingerprint density at radius 1 is 1.15 bits per heavy atom. The van der Waals surface area contributed by atoms with Crippen molar-refractivity contribution in [3.8, 4) is 0 Å². The molecule has 1 saturated heterocycles. The van der Waals surface area contributed by atoms with Gasteiger partial charge in [0, 0.05) is 30.2 Å².